The van der Waals surface area contributed by atoms with Crippen LogP contribution in [0.25, 0.3) is 0 Å². The van der Waals surface area contributed by atoms with E-state index in [9.17, 15) is 23.3 Å². The highest BCUT2D eigenvalue weighted by molar-refractivity contribution is 7.91. The Morgan fingerprint density at radius 3 is 2.44 bits per heavy atom. The summed E-state index contributed by atoms with van der Waals surface area (Å²) in [7, 11) is -1.93. The Bertz CT molecular complexity index is 882. The second-order valence-electron chi connectivity index (χ2n) is 5.12. The molecule has 0 saturated heterocycles. The van der Waals surface area contributed by atoms with Gasteiger partial charge in [-0.3, -0.25) is 14.9 Å². The fraction of sp³-hybridized carbons (Fsp3) is 0.188. The third-order valence-electron chi connectivity index (χ3n) is 3.49. The van der Waals surface area contributed by atoms with Crippen molar-refractivity contribution < 1.29 is 18.1 Å². The van der Waals surface area contributed by atoms with Gasteiger partial charge in [-0.15, -0.1) is 0 Å². The number of anilines is 1. The molecule has 0 aliphatic heterocycles. The number of sulfone groups is 1. The van der Waals surface area contributed by atoms with Gasteiger partial charge in [-0.05, 0) is 18.2 Å². The first kappa shape index (κ1) is 18.4. The maximum absolute atomic E-state index is 12.3. The van der Waals surface area contributed by atoms with Crippen LogP contribution >= 0.6 is 0 Å². The van der Waals surface area contributed by atoms with Gasteiger partial charge in [0.1, 0.15) is 0 Å². The van der Waals surface area contributed by atoms with Crippen LogP contribution in [0.15, 0.2) is 53.4 Å². The number of nitrogens with one attached hydrogen (secondary N) is 2. The average Bonchev–Trinajstić information content (AvgIpc) is 2.61. The van der Waals surface area contributed by atoms with Crippen LogP contribution in [0, 0.1) is 10.1 Å². The molecule has 0 unspecified atom stereocenters. The maximum Gasteiger partial charge on any atom is 0.270 e. The number of hydrogen-bond donors (Lipinski definition) is 2. The Labute approximate surface area is 144 Å². The number of amides is 1. The van der Waals surface area contributed by atoms with Crippen molar-refractivity contribution >= 4 is 27.1 Å². The highest BCUT2D eigenvalue weighted by atomic mass is 32.2. The van der Waals surface area contributed by atoms with Gasteiger partial charge >= 0.3 is 0 Å². The van der Waals surface area contributed by atoms with Crippen LogP contribution in [-0.2, 0) is 9.84 Å². The molecule has 0 fully saturated rings. The van der Waals surface area contributed by atoms with Crippen molar-refractivity contribution in [3.05, 3.63) is 64.2 Å². The Morgan fingerprint density at radius 1 is 1.16 bits per heavy atom. The van der Waals surface area contributed by atoms with Gasteiger partial charge in [-0.1, -0.05) is 18.2 Å². The van der Waals surface area contributed by atoms with E-state index in [0.29, 0.717) is 5.69 Å². The fourth-order valence-corrected chi connectivity index (χ4v) is 3.37. The third kappa shape index (κ3) is 4.54. The van der Waals surface area contributed by atoms with Gasteiger partial charge in [-0.25, -0.2) is 8.42 Å². The van der Waals surface area contributed by atoms with E-state index < -0.39 is 20.7 Å². The number of non-ortho nitro benzene ring substituents is 1. The molecule has 2 rings (SSSR count). The van der Waals surface area contributed by atoms with Crippen molar-refractivity contribution in [2.24, 2.45) is 0 Å². The SMILES string of the molecule is CNc1ccc([N+](=O)[O-])cc1C(=O)NCCS(=O)(=O)c1ccccc1. The Hall–Kier alpha value is -2.94. The number of nitrogens with zero attached hydrogens (tertiary/aromatic N) is 1. The summed E-state index contributed by atoms with van der Waals surface area (Å²) < 4.78 is 24.3. The first-order chi connectivity index (χ1) is 11.8. The zero-order valence-corrected chi connectivity index (χ0v) is 14.2. The Kier molecular flexibility index (Phi) is 5.71. The molecule has 0 radical (unpaired) electrons. The molecule has 25 heavy (non-hydrogen) atoms. The summed E-state index contributed by atoms with van der Waals surface area (Å²) in [5.41, 5.74) is 0.267. The van der Waals surface area contributed by atoms with Crippen LogP contribution < -0.4 is 10.6 Å². The van der Waals surface area contributed by atoms with E-state index in [0.717, 1.165) is 6.07 Å². The summed E-state index contributed by atoms with van der Waals surface area (Å²) in [4.78, 5) is 22.7. The van der Waals surface area contributed by atoms with Crippen LogP contribution in [0.1, 0.15) is 10.4 Å². The number of benzene rings is 2. The molecule has 0 aliphatic rings. The predicted octanol–water partition coefficient (Wildman–Crippen LogP) is 1.84. The number of carbonyl (C=O) groups excluding carboxylic acids is 1. The molecule has 9 heteroatoms. The number of nitro benzene ring substituents is 1. The summed E-state index contributed by atoms with van der Waals surface area (Å²) in [5.74, 6) is -0.858. The Balaban J connectivity index is 2.08. The summed E-state index contributed by atoms with van der Waals surface area (Å²) in [6.07, 6.45) is 0. The quantitative estimate of drug-likeness (QED) is 0.572. The molecule has 2 aromatic carbocycles. The van der Waals surface area contributed by atoms with E-state index in [2.05, 4.69) is 10.6 Å². The minimum absolute atomic E-state index is 0.0776. The number of rotatable bonds is 7. The summed E-state index contributed by atoms with van der Waals surface area (Å²) >= 11 is 0. The lowest BCUT2D eigenvalue weighted by Crippen LogP contribution is -2.29. The molecule has 0 bridgehead atoms. The second-order valence-corrected chi connectivity index (χ2v) is 7.23. The largest absolute Gasteiger partial charge is 0.387 e. The molecule has 8 nitrogen and oxygen atoms in total. The zero-order chi connectivity index (χ0) is 18.4. The molecule has 2 N–H and O–H groups in total. The first-order valence-corrected chi connectivity index (χ1v) is 9.02. The van der Waals surface area contributed by atoms with Crippen molar-refractivity contribution in [3.63, 3.8) is 0 Å². The van der Waals surface area contributed by atoms with Crippen LogP contribution in [0.4, 0.5) is 11.4 Å². The Morgan fingerprint density at radius 2 is 1.84 bits per heavy atom. The molecule has 1 amide bonds. The van der Waals surface area contributed by atoms with Gasteiger partial charge in [0, 0.05) is 31.4 Å². The molecule has 0 saturated carbocycles. The van der Waals surface area contributed by atoms with Gasteiger partial charge in [0.2, 0.25) is 0 Å². The topological polar surface area (TPSA) is 118 Å². The van der Waals surface area contributed by atoms with E-state index in [1.807, 2.05) is 0 Å². The molecule has 0 atom stereocenters. The summed E-state index contributed by atoms with van der Waals surface area (Å²) in [6, 6.07) is 11.8. The molecular weight excluding hydrogens is 346 g/mol. The van der Waals surface area contributed by atoms with Gasteiger partial charge in [-0.2, -0.15) is 0 Å². The fourth-order valence-electron chi connectivity index (χ4n) is 2.19. The molecule has 0 aliphatic carbocycles. The molecular formula is C16H17N3O5S. The predicted molar refractivity (Wildman–Crippen MR) is 93.5 cm³/mol. The van der Waals surface area contributed by atoms with Crippen LogP contribution in [0.2, 0.25) is 0 Å². The number of carbonyl (C=O) groups is 1. The first-order valence-electron chi connectivity index (χ1n) is 7.37. The summed E-state index contributed by atoms with van der Waals surface area (Å²) in [6.45, 7) is -0.109. The third-order valence-corrected chi connectivity index (χ3v) is 5.22. The second kappa shape index (κ2) is 7.75. The minimum Gasteiger partial charge on any atom is -0.387 e. The molecule has 0 heterocycles. The maximum atomic E-state index is 12.3. The van der Waals surface area contributed by atoms with E-state index >= 15 is 0 Å². The van der Waals surface area contributed by atoms with Crippen LogP contribution in [0.3, 0.4) is 0 Å². The van der Waals surface area contributed by atoms with E-state index in [4.69, 9.17) is 0 Å². The number of nitro groups is 1. The highest BCUT2D eigenvalue weighted by Gasteiger charge is 2.18. The number of hydrogen-bond acceptors (Lipinski definition) is 6. The lowest BCUT2D eigenvalue weighted by molar-refractivity contribution is -0.384. The van der Waals surface area contributed by atoms with Crippen molar-refractivity contribution in [1.29, 1.82) is 0 Å². The van der Waals surface area contributed by atoms with Gasteiger partial charge in [0.15, 0.2) is 9.84 Å². The summed E-state index contributed by atoms with van der Waals surface area (Å²) in [5, 5.41) is 16.1. The van der Waals surface area contributed by atoms with Crippen molar-refractivity contribution in [3.8, 4) is 0 Å². The molecule has 0 spiro atoms. The standard InChI is InChI=1S/C16H17N3O5S/c1-17-15-8-7-12(19(21)22)11-14(15)16(20)18-9-10-25(23,24)13-5-3-2-4-6-13/h2-8,11,17H,9-10H2,1H3,(H,18,20). The molecule has 0 aromatic heterocycles. The minimum atomic E-state index is -3.51. The average molecular weight is 363 g/mol. The van der Waals surface area contributed by atoms with Gasteiger partial charge in [0.05, 0.1) is 21.1 Å². The monoisotopic (exact) mass is 363 g/mol. The normalized spacial score (nSPS) is 10.9. The highest BCUT2D eigenvalue weighted by Crippen LogP contribution is 2.21. The lowest BCUT2D eigenvalue weighted by Gasteiger charge is -2.10. The smallest absolute Gasteiger partial charge is 0.270 e. The van der Waals surface area contributed by atoms with Gasteiger partial charge < -0.3 is 10.6 Å². The molecule has 2 aromatic rings. The zero-order valence-electron chi connectivity index (χ0n) is 13.4. The lowest BCUT2D eigenvalue weighted by atomic mass is 10.1. The van der Waals surface area contributed by atoms with Crippen molar-refractivity contribution in [1.82, 2.24) is 5.32 Å². The van der Waals surface area contributed by atoms with E-state index in [1.54, 1.807) is 25.2 Å². The van der Waals surface area contributed by atoms with Crippen LogP contribution in [0.5, 0.6) is 0 Å². The van der Waals surface area contributed by atoms with Crippen molar-refractivity contribution in [2.45, 2.75) is 4.90 Å². The van der Waals surface area contributed by atoms with Crippen LogP contribution in [-0.4, -0.2) is 38.6 Å². The van der Waals surface area contributed by atoms with Gasteiger partial charge in [0.25, 0.3) is 11.6 Å². The van der Waals surface area contributed by atoms with Crippen molar-refractivity contribution in [2.75, 3.05) is 24.7 Å². The molecule has 132 valence electrons. The van der Waals surface area contributed by atoms with E-state index in [1.165, 1.54) is 24.3 Å². The van der Waals surface area contributed by atoms with E-state index in [-0.39, 0.29) is 28.4 Å².